The SMILES string of the molecule is COc1cc([C@@H](O)[C@@H](CCCc2ccccc2)Cn2cccc2C(=O)O)cc(OC)c1C. The van der Waals surface area contributed by atoms with E-state index in [0.29, 0.717) is 23.6 Å². The number of hydrogen-bond donors (Lipinski definition) is 2. The number of nitrogens with zero attached hydrogens (tertiary/aromatic N) is 1. The maximum atomic E-state index is 11.6. The fourth-order valence-electron chi connectivity index (χ4n) is 4.13. The van der Waals surface area contributed by atoms with E-state index >= 15 is 0 Å². The number of carboxylic acids is 1. The summed E-state index contributed by atoms with van der Waals surface area (Å²) in [6.45, 7) is 2.30. The van der Waals surface area contributed by atoms with E-state index in [4.69, 9.17) is 9.47 Å². The predicted octanol–water partition coefficient (Wildman–Crippen LogP) is 4.88. The molecule has 170 valence electrons. The van der Waals surface area contributed by atoms with Crippen molar-refractivity contribution >= 4 is 5.97 Å². The van der Waals surface area contributed by atoms with Crippen molar-refractivity contribution in [3.05, 3.63) is 83.2 Å². The van der Waals surface area contributed by atoms with Gasteiger partial charge in [-0.1, -0.05) is 30.3 Å². The quantitative estimate of drug-likeness (QED) is 0.447. The van der Waals surface area contributed by atoms with Gasteiger partial charge >= 0.3 is 5.97 Å². The monoisotopic (exact) mass is 437 g/mol. The number of hydrogen-bond acceptors (Lipinski definition) is 4. The standard InChI is InChI=1S/C26H31NO5/c1-18-23(31-2)15-21(16-24(18)32-3)25(28)20(12-7-11-19-9-5-4-6-10-19)17-27-14-8-13-22(27)26(29)30/h4-6,8-10,13-16,20,25,28H,7,11-12,17H2,1-3H3,(H,29,30)/t20-,25-/m0/s1. The molecule has 0 radical (unpaired) electrons. The fraction of sp³-hybridized carbons (Fsp3) is 0.346. The molecule has 2 aromatic carbocycles. The van der Waals surface area contributed by atoms with Crippen molar-refractivity contribution < 1.29 is 24.5 Å². The van der Waals surface area contributed by atoms with Crippen LogP contribution in [0.1, 0.15) is 46.1 Å². The molecular formula is C26H31NO5. The van der Waals surface area contributed by atoms with Gasteiger partial charge in [-0.25, -0.2) is 4.79 Å². The molecule has 0 saturated carbocycles. The molecule has 6 nitrogen and oxygen atoms in total. The minimum atomic E-state index is -0.980. The normalized spacial score (nSPS) is 12.9. The van der Waals surface area contributed by atoms with Gasteiger partial charge in [-0.3, -0.25) is 0 Å². The molecule has 0 unspecified atom stereocenters. The smallest absolute Gasteiger partial charge is 0.352 e. The summed E-state index contributed by atoms with van der Waals surface area (Å²) in [6.07, 6.45) is 3.43. The summed E-state index contributed by atoms with van der Waals surface area (Å²) in [4.78, 5) is 11.6. The van der Waals surface area contributed by atoms with Crippen molar-refractivity contribution in [2.24, 2.45) is 5.92 Å². The topological polar surface area (TPSA) is 80.9 Å². The zero-order chi connectivity index (χ0) is 23.1. The van der Waals surface area contributed by atoms with E-state index in [1.165, 1.54) is 5.56 Å². The van der Waals surface area contributed by atoms with Gasteiger partial charge in [0.25, 0.3) is 0 Å². The third-order valence-corrected chi connectivity index (χ3v) is 5.93. The van der Waals surface area contributed by atoms with E-state index < -0.39 is 12.1 Å². The number of aliphatic hydroxyl groups is 1. The van der Waals surface area contributed by atoms with Crippen molar-refractivity contribution in [1.29, 1.82) is 0 Å². The highest BCUT2D eigenvalue weighted by molar-refractivity contribution is 5.85. The number of aryl methyl sites for hydroxylation is 1. The van der Waals surface area contributed by atoms with Crippen LogP contribution in [0.5, 0.6) is 11.5 Å². The second kappa shape index (κ2) is 10.9. The molecule has 0 fully saturated rings. The van der Waals surface area contributed by atoms with Gasteiger partial charge in [0.1, 0.15) is 17.2 Å². The van der Waals surface area contributed by atoms with Gasteiger partial charge in [-0.05, 0) is 61.6 Å². The Morgan fingerprint density at radius 2 is 1.69 bits per heavy atom. The predicted molar refractivity (Wildman–Crippen MR) is 124 cm³/mol. The first-order valence-electron chi connectivity index (χ1n) is 10.8. The molecule has 2 N–H and O–H groups in total. The lowest BCUT2D eigenvalue weighted by Gasteiger charge is -2.26. The highest BCUT2D eigenvalue weighted by Crippen LogP contribution is 2.36. The van der Waals surface area contributed by atoms with Crippen molar-refractivity contribution in [3.63, 3.8) is 0 Å². The van der Waals surface area contributed by atoms with E-state index in [-0.39, 0.29) is 11.6 Å². The number of benzene rings is 2. The second-order valence-electron chi connectivity index (χ2n) is 7.98. The van der Waals surface area contributed by atoms with Crippen molar-refractivity contribution in [2.45, 2.75) is 38.8 Å². The van der Waals surface area contributed by atoms with Gasteiger partial charge in [0.15, 0.2) is 0 Å². The number of carboxylic acid groups (broad SMARTS) is 1. The first kappa shape index (κ1) is 23.4. The van der Waals surface area contributed by atoms with Crippen molar-refractivity contribution in [2.75, 3.05) is 14.2 Å². The number of methoxy groups -OCH3 is 2. The Kier molecular flexibility index (Phi) is 7.95. The number of aromatic nitrogens is 1. The number of aliphatic hydroxyl groups excluding tert-OH is 1. The fourth-order valence-corrected chi connectivity index (χ4v) is 4.13. The lowest BCUT2D eigenvalue weighted by Crippen LogP contribution is -2.21. The Morgan fingerprint density at radius 1 is 1.03 bits per heavy atom. The molecule has 2 atom stereocenters. The highest BCUT2D eigenvalue weighted by atomic mass is 16.5. The van der Waals surface area contributed by atoms with E-state index in [1.54, 1.807) is 37.1 Å². The van der Waals surface area contributed by atoms with Gasteiger partial charge < -0.3 is 24.3 Å². The van der Waals surface area contributed by atoms with Crippen LogP contribution in [0.3, 0.4) is 0 Å². The van der Waals surface area contributed by atoms with Crippen LogP contribution in [-0.2, 0) is 13.0 Å². The molecule has 0 aliphatic heterocycles. The third-order valence-electron chi connectivity index (χ3n) is 5.93. The molecule has 0 spiro atoms. The van der Waals surface area contributed by atoms with Gasteiger partial charge in [-0.2, -0.15) is 0 Å². The number of ether oxygens (including phenoxy) is 2. The Bertz CT molecular complexity index is 1000. The van der Waals surface area contributed by atoms with Crippen LogP contribution in [0.25, 0.3) is 0 Å². The minimum Gasteiger partial charge on any atom is -0.496 e. The van der Waals surface area contributed by atoms with Crippen LogP contribution in [0.15, 0.2) is 60.8 Å². The first-order valence-corrected chi connectivity index (χ1v) is 10.8. The molecule has 3 aromatic rings. The van der Waals surface area contributed by atoms with Crippen LogP contribution < -0.4 is 9.47 Å². The van der Waals surface area contributed by atoms with Gasteiger partial charge in [0.2, 0.25) is 0 Å². The van der Waals surface area contributed by atoms with E-state index in [0.717, 1.165) is 24.8 Å². The van der Waals surface area contributed by atoms with Crippen LogP contribution in [0, 0.1) is 12.8 Å². The first-order chi connectivity index (χ1) is 15.4. The number of carbonyl (C=O) groups is 1. The maximum Gasteiger partial charge on any atom is 0.352 e. The average Bonchev–Trinajstić information content (AvgIpc) is 3.27. The Labute approximate surface area is 189 Å². The summed E-state index contributed by atoms with van der Waals surface area (Å²) in [6, 6.07) is 17.2. The third kappa shape index (κ3) is 5.51. The van der Waals surface area contributed by atoms with Crippen LogP contribution in [0.2, 0.25) is 0 Å². The largest absolute Gasteiger partial charge is 0.496 e. The molecule has 6 heteroatoms. The second-order valence-corrected chi connectivity index (χ2v) is 7.98. The van der Waals surface area contributed by atoms with E-state index in [9.17, 15) is 15.0 Å². The molecule has 0 amide bonds. The zero-order valence-corrected chi connectivity index (χ0v) is 18.8. The lowest BCUT2D eigenvalue weighted by molar-refractivity contribution is 0.0667. The summed E-state index contributed by atoms with van der Waals surface area (Å²) in [5.74, 6) is 0.120. The van der Waals surface area contributed by atoms with Gasteiger partial charge in [0, 0.05) is 24.2 Å². The van der Waals surface area contributed by atoms with E-state index in [1.807, 2.05) is 37.3 Å². The van der Waals surface area contributed by atoms with Crippen LogP contribution in [0.4, 0.5) is 0 Å². The Morgan fingerprint density at radius 3 is 2.28 bits per heavy atom. The molecule has 1 aromatic heterocycles. The Balaban J connectivity index is 1.86. The maximum absolute atomic E-state index is 11.6. The van der Waals surface area contributed by atoms with Crippen LogP contribution in [-0.4, -0.2) is 35.0 Å². The average molecular weight is 438 g/mol. The highest BCUT2D eigenvalue weighted by Gasteiger charge is 2.25. The summed E-state index contributed by atoms with van der Waals surface area (Å²) in [5.41, 5.74) is 3.01. The summed E-state index contributed by atoms with van der Waals surface area (Å²) < 4.78 is 12.7. The number of rotatable bonds is 11. The lowest BCUT2D eigenvalue weighted by atomic mass is 9.89. The molecule has 1 heterocycles. The molecule has 3 rings (SSSR count). The molecule has 0 aliphatic carbocycles. The molecular weight excluding hydrogens is 406 g/mol. The van der Waals surface area contributed by atoms with Crippen molar-refractivity contribution in [1.82, 2.24) is 4.57 Å². The summed E-state index contributed by atoms with van der Waals surface area (Å²) in [7, 11) is 3.18. The molecule has 0 saturated heterocycles. The summed E-state index contributed by atoms with van der Waals surface area (Å²) >= 11 is 0. The minimum absolute atomic E-state index is 0.193. The van der Waals surface area contributed by atoms with Gasteiger partial charge in [-0.15, -0.1) is 0 Å². The van der Waals surface area contributed by atoms with Crippen LogP contribution >= 0.6 is 0 Å². The van der Waals surface area contributed by atoms with Gasteiger partial charge in [0.05, 0.1) is 20.3 Å². The molecule has 32 heavy (non-hydrogen) atoms. The Hall–Kier alpha value is -3.25. The van der Waals surface area contributed by atoms with E-state index in [2.05, 4.69) is 12.1 Å². The van der Waals surface area contributed by atoms with Crippen molar-refractivity contribution in [3.8, 4) is 11.5 Å². The summed E-state index contributed by atoms with van der Waals surface area (Å²) in [5, 5.41) is 20.9. The number of aromatic carboxylic acids is 1. The molecule has 0 bridgehead atoms. The molecule has 0 aliphatic rings. The zero-order valence-electron chi connectivity index (χ0n) is 18.8.